The molecule has 30 heavy (non-hydrogen) atoms. The Morgan fingerprint density at radius 2 is 1.73 bits per heavy atom. The van der Waals surface area contributed by atoms with Gasteiger partial charge < -0.3 is 39.9 Å². The monoisotopic (exact) mass is 441 g/mol. The van der Waals surface area contributed by atoms with E-state index in [1.165, 1.54) is 12.1 Å². The Kier molecular flexibility index (Phi) is 9.10. The molecule has 0 fully saturated rings. The van der Waals surface area contributed by atoms with Crippen LogP contribution in [-0.2, 0) is 17.6 Å². The summed E-state index contributed by atoms with van der Waals surface area (Å²) in [6.45, 7) is 2.04. The fourth-order valence-electron chi connectivity index (χ4n) is 2.67. The van der Waals surface area contributed by atoms with Crippen molar-refractivity contribution in [1.82, 2.24) is 5.32 Å². The van der Waals surface area contributed by atoms with Gasteiger partial charge >= 0.3 is 7.60 Å². The lowest BCUT2D eigenvalue weighted by Gasteiger charge is -2.18. The van der Waals surface area contributed by atoms with E-state index in [-0.39, 0.29) is 25.0 Å². The molecule has 2 rings (SSSR count). The molecule has 166 valence electrons. The highest BCUT2D eigenvalue weighted by atomic mass is 31.2. The van der Waals surface area contributed by atoms with Gasteiger partial charge in [-0.25, -0.2) is 0 Å². The standard InChI is InChI=1S/C20H28NO8P/c1-14(8-15-2-4-18(5-3-15)29-13-30(25,26)27)21-10-17(23)12-28-19-6-7-20(24)16(9-19)11-22/h2-7,9,14,17,21-24H,8,10-13H2,1H3,(H2,25,26,27)/t14-,17+/m1/s1. The average molecular weight is 441 g/mol. The second kappa shape index (κ2) is 11.3. The van der Waals surface area contributed by atoms with Gasteiger partial charge in [-0.05, 0) is 49.2 Å². The van der Waals surface area contributed by atoms with Gasteiger partial charge in [-0.15, -0.1) is 0 Å². The first-order valence-corrected chi connectivity index (χ1v) is 11.2. The Morgan fingerprint density at radius 1 is 1.07 bits per heavy atom. The number of rotatable bonds is 12. The molecular weight excluding hydrogens is 413 g/mol. The highest BCUT2D eigenvalue weighted by Crippen LogP contribution is 2.34. The third-order valence-electron chi connectivity index (χ3n) is 4.23. The molecule has 0 saturated heterocycles. The number of phenols is 1. The minimum absolute atomic E-state index is 0.0118. The highest BCUT2D eigenvalue weighted by Gasteiger charge is 2.14. The number of aromatic hydroxyl groups is 1. The van der Waals surface area contributed by atoms with Crippen molar-refractivity contribution in [3.8, 4) is 17.2 Å². The molecule has 0 unspecified atom stereocenters. The first kappa shape index (κ1) is 24.1. The van der Waals surface area contributed by atoms with Crippen LogP contribution in [0.3, 0.4) is 0 Å². The zero-order valence-corrected chi connectivity index (χ0v) is 17.5. The summed E-state index contributed by atoms with van der Waals surface area (Å²) in [5.74, 6) is 0.820. The normalized spacial score (nSPS) is 13.6. The van der Waals surface area contributed by atoms with Crippen LogP contribution in [0.2, 0.25) is 0 Å². The van der Waals surface area contributed by atoms with E-state index in [0.29, 0.717) is 30.0 Å². The second-order valence-corrected chi connectivity index (χ2v) is 8.60. The van der Waals surface area contributed by atoms with Crippen molar-refractivity contribution >= 4 is 7.60 Å². The molecule has 2 aromatic carbocycles. The quantitative estimate of drug-likeness (QED) is 0.269. The van der Waals surface area contributed by atoms with Crippen molar-refractivity contribution in [2.45, 2.75) is 32.1 Å². The summed E-state index contributed by atoms with van der Waals surface area (Å²) in [4.78, 5) is 17.6. The fourth-order valence-corrected chi connectivity index (χ4v) is 2.99. The summed E-state index contributed by atoms with van der Waals surface area (Å²) in [5, 5.41) is 32.0. The molecule has 0 amide bonds. The van der Waals surface area contributed by atoms with Crippen molar-refractivity contribution < 1.29 is 39.1 Å². The molecule has 10 heteroatoms. The smallest absolute Gasteiger partial charge is 0.362 e. The predicted octanol–water partition coefficient (Wildman–Crippen LogP) is 1.36. The van der Waals surface area contributed by atoms with Crippen molar-refractivity contribution in [1.29, 1.82) is 0 Å². The van der Waals surface area contributed by atoms with Crippen LogP contribution in [0.1, 0.15) is 18.1 Å². The molecule has 9 nitrogen and oxygen atoms in total. The largest absolute Gasteiger partial charge is 0.508 e. The van der Waals surface area contributed by atoms with Gasteiger partial charge in [-0.1, -0.05) is 12.1 Å². The number of benzene rings is 2. The van der Waals surface area contributed by atoms with Crippen LogP contribution >= 0.6 is 7.60 Å². The fraction of sp³-hybridized carbons (Fsp3) is 0.400. The van der Waals surface area contributed by atoms with Crippen molar-refractivity contribution in [3.05, 3.63) is 53.6 Å². The van der Waals surface area contributed by atoms with E-state index >= 15 is 0 Å². The van der Waals surface area contributed by atoms with Crippen LogP contribution in [0.5, 0.6) is 17.2 Å². The van der Waals surface area contributed by atoms with E-state index in [1.807, 2.05) is 19.1 Å². The van der Waals surface area contributed by atoms with Gasteiger partial charge in [0.2, 0.25) is 0 Å². The Hall–Kier alpha value is -2.13. The van der Waals surface area contributed by atoms with Gasteiger partial charge in [0.1, 0.15) is 30.0 Å². The Labute approximate surface area is 175 Å². The molecule has 6 N–H and O–H groups in total. The van der Waals surface area contributed by atoms with Crippen LogP contribution in [-0.4, -0.2) is 56.8 Å². The number of nitrogens with one attached hydrogen (secondary N) is 1. The number of aliphatic hydroxyl groups excluding tert-OH is 2. The zero-order chi connectivity index (χ0) is 22.1. The summed E-state index contributed by atoms with van der Waals surface area (Å²) in [5.41, 5.74) is 1.36. The minimum atomic E-state index is -4.20. The Bertz CT molecular complexity index is 839. The van der Waals surface area contributed by atoms with Crippen LogP contribution in [0.4, 0.5) is 0 Å². The number of aliphatic hydroxyl groups is 2. The Morgan fingerprint density at radius 3 is 2.37 bits per heavy atom. The van der Waals surface area contributed by atoms with E-state index in [2.05, 4.69) is 5.32 Å². The molecular formula is C20H28NO8P. The van der Waals surface area contributed by atoms with Gasteiger partial charge in [-0.3, -0.25) is 4.57 Å². The summed E-state index contributed by atoms with van der Waals surface area (Å²) < 4.78 is 21.4. The second-order valence-electron chi connectivity index (χ2n) is 7.01. The third kappa shape index (κ3) is 8.71. The minimum Gasteiger partial charge on any atom is -0.508 e. The van der Waals surface area contributed by atoms with Gasteiger partial charge in [0.05, 0.1) is 6.61 Å². The van der Waals surface area contributed by atoms with E-state index in [9.17, 15) is 14.8 Å². The first-order chi connectivity index (χ1) is 14.2. The van der Waals surface area contributed by atoms with Crippen molar-refractivity contribution in [3.63, 3.8) is 0 Å². The molecule has 0 aliphatic carbocycles. The molecule has 0 heterocycles. The lowest BCUT2D eigenvalue weighted by Crippen LogP contribution is -2.37. The molecule has 0 aliphatic heterocycles. The zero-order valence-electron chi connectivity index (χ0n) is 16.6. The molecule has 0 aromatic heterocycles. The third-order valence-corrected chi connectivity index (χ3v) is 4.70. The number of ether oxygens (including phenoxy) is 2. The summed E-state index contributed by atoms with van der Waals surface area (Å²) in [6, 6.07) is 11.5. The number of hydrogen-bond donors (Lipinski definition) is 6. The van der Waals surface area contributed by atoms with Crippen LogP contribution in [0.15, 0.2) is 42.5 Å². The molecule has 0 spiro atoms. The first-order valence-electron chi connectivity index (χ1n) is 9.39. The number of hydrogen-bond acceptors (Lipinski definition) is 7. The molecule has 2 aromatic rings. The van der Waals surface area contributed by atoms with Crippen molar-refractivity contribution in [2.24, 2.45) is 0 Å². The van der Waals surface area contributed by atoms with Crippen molar-refractivity contribution in [2.75, 3.05) is 19.5 Å². The SMILES string of the molecule is C[C@H](Cc1ccc(OCP(=O)(O)O)cc1)NC[C@H](O)COc1ccc(O)c(CO)c1. The maximum absolute atomic E-state index is 10.8. The lowest BCUT2D eigenvalue weighted by molar-refractivity contribution is 0.104. The molecule has 2 atom stereocenters. The Balaban J connectivity index is 1.72. The van der Waals surface area contributed by atoms with E-state index in [4.69, 9.17) is 24.4 Å². The van der Waals surface area contributed by atoms with E-state index < -0.39 is 20.0 Å². The summed E-state index contributed by atoms with van der Waals surface area (Å²) in [7, 11) is -4.20. The van der Waals surface area contributed by atoms with Crippen LogP contribution in [0.25, 0.3) is 0 Å². The van der Waals surface area contributed by atoms with Gasteiger partial charge in [0, 0.05) is 18.2 Å². The topological polar surface area (TPSA) is 149 Å². The maximum Gasteiger partial charge on any atom is 0.362 e. The van der Waals surface area contributed by atoms with Crippen LogP contribution < -0.4 is 14.8 Å². The van der Waals surface area contributed by atoms with E-state index in [0.717, 1.165) is 5.56 Å². The predicted molar refractivity (Wildman–Crippen MR) is 111 cm³/mol. The summed E-state index contributed by atoms with van der Waals surface area (Å²) >= 11 is 0. The maximum atomic E-state index is 10.8. The molecule has 0 radical (unpaired) electrons. The molecule has 0 bridgehead atoms. The van der Waals surface area contributed by atoms with Gasteiger partial charge in [-0.2, -0.15) is 0 Å². The van der Waals surface area contributed by atoms with Crippen LogP contribution in [0, 0.1) is 0 Å². The van der Waals surface area contributed by atoms with Gasteiger partial charge in [0.25, 0.3) is 0 Å². The van der Waals surface area contributed by atoms with Gasteiger partial charge in [0.15, 0.2) is 6.35 Å². The summed E-state index contributed by atoms with van der Waals surface area (Å²) in [6.07, 6.45) is -0.720. The molecule has 0 saturated carbocycles. The highest BCUT2D eigenvalue weighted by molar-refractivity contribution is 7.51. The molecule has 0 aliphatic rings. The lowest BCUT2D eigenvalue weighted by atomic mass is 10.1. The van der Waals surface area contributed by atoms with E-state index in [1.54, 1.807) is 18.2 Å². The average Bonchev–Trinajstić information content (AvgIpc) is 2.70.